The van der Waals surface area contributed by atoms with Crippen LogP contribution in [0.4, 0.5) is 5.69 Å². The van der Waals surface area contributed by atoms with Crippen LogP contribution in [0, 0.1) is 0 Å². The zero-order valence-electron chi connectivity index (χ0n) is 11.3. The van der Waals surface area contributed by atoms with E-state index in [9.17, 15) is 4.79 Å². The largest absolute Gasteiger partial charge is 0.399 e. The fourth-order valence-corrected chi connectivity index (χ4v) is 1.70. The normalized spacial score (nSPS) is 10.6. The van der Waals surface area contributed by atoms with E-state index in [-0.39, 0.29) is 5.91 Å². The van der Waals surface area contributed by atoms with E-state index in [1.807, 2.05) is 36.2 Å². The SMILES string of the molecule is CCCCNC(=O)CN(C)Cc1ccc(N)cc1. The summed E-state index contributed by atoms with van der Waals surface area (Å²) in [6.07, 6.45) is 2.13. The summed E-state index contributed by atoms with van der Waals surface area (Å²) >= 11 is 0. The van der Waals surface area contributed by atoms with Crippen molar-refractivity contribution in [2.45, 2.75) is 26.3 Å². The molecule has 0 atom stereocenters. The first-order chi connectivity index (χ1) is 8.61. The van der Waals surface area contributed by atoms with Crippen LogP contribution in [0.25, 0.3) is 0 Å². The van der Waals surface area contributed by atoms with Gasteiger partial charge in [0.15, 0.2) is 0 Å². The van der Waals surface area contributed by atoms with Gasteiger partial charge in [0.1, 0.15) is 0 Å². The number of nitrogens with two attached hydrogens (primary N) is 1. The average molecular weight is 249 g/mol. The molecule has 0 saturated heterocycles. The highest BCUT2D eigenvalue weighted by Gasteiger charge is 2.06. The summed E-state index contributed by atoms with van der Waals surface area (Å²) in [7, 11) is 1.94. The van der Waals surface area contributed by atoms with E-state index < -0.39 is 0 Å². The van der Waals surface area contributed by atoms with Gasteiger partial charge in [-0.15, -0.1) is 0 Å². The number of amides is 1. The fourth-order valence-electron chi connectivity index (χ4n) is 1.70. The minimum Gasteiger partial charge on any atom is -0.399 e. The highest BCUT2D eigenvalue weighted by atomic mass is 16.2. The Morgan fingerprint density at radius 3 is 2.61 bits per heavy atom. The molecule has 18 heavy (non-hydrogen) atoms. The first-order valence-corrected chi connectivity index (χ1v) is 6.41. The first-order valence-electron chi connectivity index (χ1n) is 6.41. The van der Waals surface area contributed by atoms with E-state index in [1.54, 1.807) is 0 Å². The molecule has 0 aliphatic carbocycles. The van der Waals surface area contributed by atoms with Gasteiger partial charge in [-0.2, -0.15) is 0 Å². The van der Waals surface area contributed by atoms with Crippen LogP contribution in [0.1, 0.15) is 25.3 Å². The Hall–Kier alpha value is -1.55. The van der Waals surface area contributed by atoms with Gasteiger partial charge < -0.3 is 11.1 Å². The lowest BCUT2D eigenvalue weighted by Crippen LogP contribution is -2.35. The van der Waals surface area contributed by atoms with Gasteiger partial charge in [-0.1, -0.05) is 25.5 Å². The van der Waals surface area contributed by atoms with Gasteiger partial charge in [0.05, 0.1) is 6.54 Å². The minimum atomic E-state index is 0.0846. The second-order valence-electron chi connectivity index (χ2n) is 4.62. The molecule has 1 aromatic carbocycles. The van der Waals surface area contributed by atoms with Crippen LogP contribution in [0.3, 0.4) is 0 Å². The number of nitrogens with zero attached hydrogens (tertiary/aromatic N) is 1. The highest BCUT2D eigenvalue weighted by molar-refractivity contribution is 5.77. The van der Waals surface area contributed by atoms with Crippen LogP contribution in [-0.4, -0.2) is 30.9 Å². The Labute approximate surface area is 109 Å². The van der Waals surface area contributed by atoms with Crippen molar-refractivity contribution in [2.75, 3.05) is 25.9 Å². The lowest BCUT2D eigenvalue weighted by Gasteiger charge is -2.16. The third kappa shape index (κ3) is 5.68. The zero-order valence-corrected chi connectivity index (χ0v) is 11.3. The van der Waals surface area contributed by atoms with Crippen LogP contribution in [0.2, 0.25) is 0 Å². The summed E-state index contributed by atoms with van der Waals surface area (Å²) in [5.41, 5.74) is 7.55. The average Bonchev–Trinajstić information content (AvgIpc) is 2.32. The maximum absolute atomic E-state index is 11.6. The van der Waals surface area contributed by atoms with E-state index in [2.05, 4.69) is 12.2 Å². The molecule has 0 spiro atoms. The Bertz CT molecular complexity index is 362. The molecule has 3 N–H and O–H groups in total. The summed E-state index contributed by atoms with van der Waals surface area (Å²) in [5.74, 6) is 0.0846. The molecule has 1 aromatic rings. The molecular weight excluding hydrogens is 226 g/mol. The number of anilines is 1. The first kappa shape index (κ1) is 14.5. The predicted molar refractivity (Wildman–Crippen MR) is 75.1 cm³/mol. The van der Waals surface area contributed by atoms with Crippen molar-refractivity contribution in [1.82, 2.24) is 10.2 Å². The minimum absolute atomic E-state index is 0.0846. The van der Waals surface area contributed by atoms with Crippen LogP contribution in [0.15, 0.2) is 24.3 Å². The van der Waals surface area contributed by atoms with Crippen molar-refractivity contribution < 1.29 is 4.79 Å². The van der Waals surface area contributed by atoms with Crippen molar-refractivity contribution in [1.29, 1.82) is 0 Å². The van der Waals surface area contributed by atoms with Gasteiger partial charge in [-0.05, 0) is 31.2 Å². The molecule has 0 radical (unpaired) electrons. The lowest BCUT2D eigenvalue weighted by atomic mass is 10.2. The monoisotopic (exact) mass is 249 g/mol. The second-order valence-corrected chi connectivity index (χ2v) is 4.62. The predicted octanol–water partition coefficient (Wildman–Crippen LogP) is 1.62. The van der Waals surface area contributed by atoms with Gasteiger partial charge in [0.2, 0.25) is 5.91 Å². The van der Waals surface area contributed by atoms with E-state index in [0.29, 0.717) is 6.54 Å². The molecule has 0 saturated carbocycles. The molecule has 0 aliphatic heterocycles. The Morgan fingerprint density at radius 1 is 1.33 bits per heavy atom. The molecule has 0 bridgehead atoms. The molecule has 0 heterocycles. The van der Waals surface area contributed by atoms with Crippen molar-refractivity contribution >= 4 is 11.6 Å². The number of nitrogen functional groups attached to an aromatic ring is 1. The summed E-state index contributed by atoms with van der Waals surface area (Å²) in [4.78, 5) is 13.6. The number of likely N-dealkylation sites (N-methyl/N-ethyl adjacent to an activating group) is 1. The van der Waals surface area contributed by atoms with Gasteiger partial charge in [0.25, 0.3) is 0 Å². The molecule has 4 heteroatoms. The van der Waals surface area contributed by atoms with E-state index >= 15 is 0 Å². The van der Waals surface area contributed by atoms with Crippen LogP contribution in [0.5, 0.6) is 0 Å². The number of benzene rings is 1. The van der Waals surface area contributed by atoms with Gasteiger partial charge in [0, 0.05) is 18.8 Å². The fraction of sp³-hybridized carbons (Fsp3) is 0.500. The van der Waals surface area contributed by atoms with Crippen LogP contribution < -0.4 is 11.1 Å². The third-order valence-electron chi connectivity index (χ3n) is 2.70. The van der Waals surface area contributed by atoms with E-state index in [1.165, 1.54) is 0 Å². The summed E-state index contributed by atoms with van der Waals surface area (Å²) in [6, 6.07) is 7.73. The Morgan fingerprint density at radius 2 is 2.00 bits per heavy atom. The third-order valence-corrected chi connectivity index (χ3v) is 2.70. The zero-order chi connectivity index (χ0) is 13.4. The maximum atomic E-state index is 11.6. The number of rotatable bonds is 7. The topological polar surface area (TPSA) is 58.4 Å². The molecule has 4 nitrogen and oxygen atoms in total. The van der Waals surface area contributed by atoms with Gasteiger partial charge in [-0.25, -0.2) is 0 Å². The lowest BCUT2D eigenvalue weighted by molar-refractivity contribution is -0.122. The molecule has 1 amide bonds. The van der Waals surface area contributed by atoms with Gasteiger partial charge >= 0.3 is 0 Å². The molecule has 0 aromatic heterocycles. The number of unbranched alkanes of at least 4 members (excludes halogenated alkanes) is 1. The summed E-state index contributed by atoms with van der Waals surface area (Å²) < 4.78 is 0. The second kappa shape index (κ2) is 7.71. The quantitative estimate of drug-likeness (QED) is 0.570. The number of carbonyl (C=O) groups is 1. The summed E-state index contributed by atoms with van der Waals surface area (Å²) in [6.45, 7) is 4.06. The molecule has 0 unspecified atom stereocenters. The van der Waals surface area contributed by atoms with Crippen molar-refractivity contribution in [3.63, 3.8) is 0 Å². The summed E-state index contributed by atoms with van der Waals surface area (Å²) in [5, 5.41) is 2.91. The van der Waals surface area contributed by atoms with Crippen molar-refractivity contribution in [2.24, 2.45) is 0 Å². The van der Waals surface area contributed by atoms with E-state index in [4.69, 9.17) is 5.73 Å². The van der Waals surface area contributed by atoms with Crippen molar-refractivity contribution in [3.05, 3.63) is 29.8 Å². The Balaban J connectivity index is 2.30. The number of hydrogen-bond donors (Lipinski definition) is 2. The molecule has 100 valence electrons. The maximum Gasteiger partial charge on any atom is 0.234 e. The van der Waals surface area contributed by atoms with Crippen LogP contribution in [-0.2, 0) is 11.3 Å². The number of carbonyl (C=O) groups excluding carboxylic acids is 1. The number of nitrogens with one attached hydrogen (secondary N) is 1. The van der Waals surface area contributed by atoms with Gasteiger partial charge in [-0.3, -0.25) is 9.69 Å². The molecule has 0 aliphatic rings. The highest BCUT2D eigenvalue weighted by Crippen LogP contribution is 2.07. The van der Waals surface area contributed by atoms with Crippen LogP contribution >= 0.6 is 0 Å². The molecular formula is C14H23N3O. The number of hydrogen-bond acceptors (Lipinski definition) is 3. The standard InChI is InChI=1S/C14H23N3O/c1-3-4-9-16-14(18)11-17(2)10-12-5-7-13(15)8-6-12/h5-8H,3-4,9-11,15H2,1-2H3,(H,16,18). The molecule has 0 fully saturated rings. The Kier molecular flexibility index (Phi) is 6.22. The smallest absolute Gasteiger partial charge is 0.234 e. The van der Waals surface area contributed by atoms with E-state index in [0.717, 1.165) is 37.2 Å². The molecule has 1 rings (SSSR count). The van der Waals surface area contributed by atoms with Crippen molar-refractivity contribution in [3.8, 4) is 0 Å².